The number of nitrogens with one attached hydrogen (secondary N) is 1. The Morgan fingerprint density at radius 2 is 1.50 bits per heavy atom. The van der Waals surface area contributed by atoms with E-state index in [-0.39, 0.29) is 38.0 Å². The van der Waals surface area contributed by atoms with Crippen molar-refractivity contribution in [3.05, 3.63) is 0 Å². The Kier molecular flexibility index (Phi) is 17.3. The van der Waals surface area contributed by atoms with Gasteiger partial charge in [0.15, 0.2) is 0 Å². The second-order valence-electron chi connectivity index (χ2n) is 5.72. The Balaban J connectivity index is 0. The van der Waals surface area contributed by atoms with Crippen LogP contribution in [0.4, 0.5) is 0 Å². The maximum absolute atomic E-state index is 8.87. The first-order chi connectivity index (χ1) is 11.9. The van der Waals surface area contributed by atoms with Crippen LogP contribution in [0.5, 0.6) is 0 Å². The van der Waals surface area contributed by atoms with Crippen LogP contribution in [-0.4, -0.2) is 113 Å². The fourth-order valence-electron chi connectivity index (χ4n) is 1.30. The fourth-order valence-corrected chi connectivity index (χ4v) is 2.63. The zero-order valence-electron chi connectivity index (χ0n) is 14.7. The van der Waals surface area contributed by atoms with Crippen molar-refractivity contribution in [3.63, 3.8) is 0 Å². The van der Waals surface area contributed by atoms with Gasteiger partial charge in [0, 0.05) is 18.6 Å². The Hall–Kier alpha value is -0.0462. The van der Waals surface area contributed by atoms with E-state index in [0.717, 1.165) is 6.61 Å². The van der Waals surface area contributed by atoms with Crippen molar-refractivity contribution in [2.45, 2.75) is 37.1 Å². The molecule has 26 heavy (non-hydrogen) atoms. The van der Waals surface area contributed by atoms with Crippen LogP contribution in [0.2, 0.25) is 12.1 Å². The maximum atomic E-state index is 8.87. The third kappa shape index (κ3) is 28.7. The summed E-state index contributed by atoms with van der Waals surface area (Å²) in [5, 5.41) is 28.2. The van der Waals surface area contributed by atoms with E-state index in [4.69, 9.17) is 49.8 Å². The zero-order valence-corrected chi connectivity index (χ0v) is 16.7. The van der Waals surface area contributed by atoms with E-state index in [9.17, 15) is 0 Å². The smallest absolute Gasteiger partial charge is 0.394 e. The Bertz CT molecular complexity index is 313. The van der Waals surface area contributed by atoms with E-state index in [0.29, 0.717) is 25.9 Å². The van der Waals surface area contributed by atoms with Gasteiger partial charge in [-0.3, -0.25) is 0 Å². The molecule has 12 nitrogen and oxygen atoms in total. The molecule has 14 heteroatoms. The molecule has 0 spiro atoms. The minimum absolute atomic E-state index is 0.0186. The monoisotopic (exact) mass is 422 g/mol. The number of hydrogen-bond donors (Lipinski definition) is 11. The van der Waals surface area contributed by atoms with Crippen LogP contribution in [0.15, 0.2) is 0 Å². The molecule has 1 rings (SSSR count). The summed E-state index contributed by atoms with van der Waals surface area (Å²) in [5.41, 5.74) is 5.02. The van der Waals surface area contributed by atoms with E-state index in [1.54, 1.807) is 0 Å². The van der Waals surface area contributed by atoms with Gasteiger partial charge in [-0.15, -0.1) is 0 Å². The summed E-state index contributed by atoms with van der Waals surface area (Å²) >= 11 is 0. The number of aliphatic hydroxyl groups is 3. The van der Waals surface area contributed by atoms with E-state index in [2.05, 4.69) is 10.1 Å². The van der Waals surface area contributed by atoms with E-state index in [1.165, 1.54) is 0 Å². The number of nitrogens with two attached hydrogens (primary N) is 1. The van der Waals surface area contributed by atoms with Crippen LogP contribution in [0, 0.1) is 0 Å². The lowest BCUT2D eigenvalue weighted by Crippen LogP contribution is -2.36. The van der Waals surface area contributed by atoms with E-state index < -0.39 is 23.7 Å². The Morgan fingerprint density at radius 1 is 1.00 bits per heavy atom. The second-order valence-corrected chi connectivity index (χ2v) is 9.82. The summed E-state index contributed by atoms with van der Waals surface area (Å²) in [6.07, 6.45) is 0.290. The number of hydrogen-bond acceptors (Lipinski definition) is 12. The first-order valence-electron chi connectivity index (χ1n) is 8.21. The number of epoxide rings is 1. The first-order valence-corrected chi connectivity index (χ1v) is 12.3. The fraction of sp³-hybridized carbons (Fsp3) is 1.00. The summed E-state index contributed by atoms with van der Waals surface area (Å²) in [4.78, 5) is 50.8. The largest absolute Gasteiger partial charge is 0.492 e. The molecular weight excluding hydrogens is 388 g/mol. The molecule has 0 bridgehead atoms. The van der Waals surface area contributed by atoms with Gasteiger partial charge in [-0.2, -0.15) is 0 Å². The summed E-state index contributed by atoms with van der Waals surface area (Å²) in [6.45, 7) is 1.76. The third-order valence-electron chi connectivity index (χ3n) is 2.78. The molecular formula is C12H34N2O10Si2. The highest BCUT2D eigenvalue weighted by atomic mass is 28.4. The van der Waals surface area contributed by atoms with Crippen molar-refractivity contribution >= 4 is 17.6 Å². The molecule has 0 aromatic rings. The first kappa shape index (κ1) is 28.2. The summed E-state index contributed by atoms with van der Waals surface area (Å²) < 4.78 is 4.61. The highest BCUT2D eigenvalue weighted by Gasteiger charge is 2.25. The predicted octanol–water partition coefficient (Wildman–Crippen LogP) is -5.14. The second kappa shape index (κ2) is 16.0. The standard InChI is InChI=1S/C6H17NO5Si.C3H11NO3Si.C3H6O2/c8-5-6(9)4-7-2-1-3-13(10,11)12;4-2-1-3-8(5,6)7;4-1-3-2-5-3/h6-12H,1-5H2;5-7H,1-4H2;3-4H,1-2H2. The highest BCUT2D eigenvalue weighted by molar-refractivity contribution is 6.56. The molecule has 1 aliphatic rings. The minimum Gasteiger partial charge on any atom is -0.394 e. The SMILES string of the molecule is NCCC[Si](O)(O)O.OCC(O)CNCCC[Si](O)(O)O.OCC1CO1. The van der Waals surface area contributed by atoms with Crippen LogP contribution in [0.1, 0.15) is 12.8 Å². The van der Waals surface area contributed by atoms with Gasteiger partial charge in [-0.25, -0.2) is 0 Å². The average molecular weight is 423 g/mol. The number of rotatable bonds is 11. The van der Waals surface area contributed by atoms with Crippen molar-refractivity contribution in [2.75, 3.05) is 39.5 Å². The van der Waals surface area contributed by atoms with Crippen LogP contribution in [-0.2, 0) is 4.74 Å². The van der Waals surface area contributed by atoms with Crippen molar-refractivity contribution in [1.82, 2.24) is 5.32 Å². The molecule has 160 valence electrons. The molecule has 0 aromatic carbocycles. The van der Waals surface area contributed by atoms with Crippen LogP contribution in [0.3, 0.4) is 0 Å². The number of aliphatic hydroxyl groups excluding tert-OH is 3. The third-order valence-corrected chi connectivity index (χ3v) is 4.83. The van der Waals surface area contributed by atoms with Crippen molar-refractivity contribution in [3.8, 4) is 0 Å². The summed E-state index contributed by atoms with van der Waals surface area (Å²) in [6, 6.07) is 0.0265. The van der Waals surface area contributed by atoms with Crippen molar-refractivity contribution < 1.29 is 48.8 Å². The Labute approximate surface area is 154 Å². The van der Waals surface area contributed by atoms with Crippen LogP contribution in [0.25, 0.3) is 0 Å². The van der Waals surface area contributed by atoms with E-state index in [1.807, 2.05) is 0 Å². The maximum Gasteiger partial charge on any atom is 0.492 e. The molecule has 0 aliphatic carbocycles. The van der Waals surface area contributed by atoms with Gasteiger partial charge in [0.1, 0.15) is 6.10 Å². The molecule has 1 fully saturated rings. The average Bonchev–Trinajstić information content (AvgIpc) is 3.36. The minimum atomic E-state index is -3.89. The summed E-state index contributed by atoms with van der Waals surface area (Å²) in [5.74, 6) is 0. The van der Waals surface area contributed by atoms with Crippen LogP contribution >= 0.6 is 0 Å². The van der Waals surface area contributed by atoms with Crippen LogP contribution < -0.4 is 11.1 Å². The molecule has 0 amide bonds. The molecule has 2 unspecified atom stereocenters. The predicted molar refractivity (Wildman–Crippen MR) is 95.5 cm³/mol. The van der Waals surface area contributed by atoms with Gasteiger partial charge in [0.25, 0.3) is 0 Å². The molecule has 1 aliphatic heterocycles. The molecule has 1 heterocycles. The molecule has 2 atom stereocenters. The van der Waals surface area contributed by atoms with Gasteiger partial charge in [-0.05, 0) is 25.9 Å². The molecule has 1 saturated heterocycles. The van der Waals surface area contributed by atoms with Crippen molar-refractivity contribution in [1.29, 1.82) is 0 Å². The van der Waals surface area contributed by atoms with Gasteiger partial charge >= 0.3 is 17.6 Å². The molecule has 0 aromatic heterocycles. The normalized spacial score (nSPS) is 17.5. The van der Waals surface area contributed by atoms with E-state index >= 15 is 0 Å². The van der Waals surface area contributed by atoms with Gasteiger partial charge in [-0.1, -0.05) is 0 Å². The summed E-state index contributed by atoms with van der Waals surface area (Å²) in [7, 11) is -7.65. The topological polar surface area (TPSA) is 233 Å². The van der Waals surface area contributed by atoms with Gasteiger partial charge in [0.2, 0.25) is 0 Å². The molecule has 12 N–H and O–H groups in total. The quantitative estimate of drug-likeness (QED) is 0.0852. The van der Waals surface area contributed by atoms with Gasteiger partial charge in [0.05, 0.1) is 25.9 Å². The molecule has 0 saturated carbocycles. The lowest BCUT2D eigenvalue weighted by atomic mass is 10.3. The Morgan fingerprint density at radius 3 is 1.77 bits per heavy atom. The molecule has 0 radical (unpaired) electrons. The zero-order chi connectivity index (χ0) is 20.6. The van der Waals surface area contributed by atoms with Gasteiger partial charge < -0.3 is 59.9 Å². The lowest BCUT2D eigenvalue weighted by Gasteiger charge is -2.10. The van der Waals surface area contributed by atoms with Crippen molar-refractivity contribution in [2.24, 2.45) is 5.73 Å². The number of ether oxygens (including phenoxy) is 1. The lowest BCUT2D eigenvalue weighted by molar-refractivity contribution is 0.0945. The highest BCUT2D eigenvalue weighted by Crippen LogP contribution is 2.05.